The molecule has 3 rings (SSSR count). The summed E-state index contributed by atoms with van der Waals surface area (Å²) in [5, 5.41) is 21.3. The summed E-state index contributed by atoms with van der Waals surface area (Å²) in [5.41, 5.74) is 6.92. The summed E-state index contributed by atoms with van der Waals surface area (Å²) in [7, 11) is 0. The molecule has 0 unspecified atom stereocenters. The van der Waals surface area contributed by atoms with Gasteiger partial charge in [0.25, 0.3) is 0 Å². The van der Waals surface area contributed by atoms with Gasteiger partial charge in [0.05, 0.1) is 22.9 Å². The average molecular weight is 381 g/mol. The van der Waals surface area contributed by atoms with E-state index in [2.05, 4.69) is 10.3 Å². The SMILES string of the molecule is C[C@H](NC(=O)CSc1nc(N)c(C#N)cc1C#N)c1ccc2c(c1)OCO2. The van der Waals surface area contributed by atoms with Crippen molar-refractivity contribution in [3.8, 4) is 23.6 Å². The number of ether oxygens (including phenoxy) is 2. The number of rotatable bonds is 5. The molecule has 2 aromatic rings. The summed E-state index contributed by atoms with van der Waals surface area (Å²) >= 11 is 1.09. The molecule has 27 heavy (non-hydrogen) atoms. The lowest BCUT2D eigenvalue weighted by molar-refractivity contribution is -0.119. The van der Waals surface area contributed by atoms with Gasteiger partial charge in [-0.3, -0.25) is 4.79 Å². The van der Waals surface area contributed by atoms with E-state index in [0.29, 0.717) is 16.5 Å². The van der Waals surface area contributed by atoms with Crippen molar-refractivity contribution in [1.29, 1.82) is 10.5 Å². The molecule has 3 N–H and O–H groups in total. The number of nitrogens with two attached hydrogens (primary N) is 1. The highest BCUT2D eigenvalue weighted by atomic mass is 32.2. The van der Waals surface area contributed by atoms with Crippen molar-refractivity contribution in [1.82, 2.24) is 10.3 Å². The zero-order valence-electron chi connectivity index (χ0n) is 14.4. The Morgan fingerprint density at radius 1 is 1.30 bits per heavy atom. The van der Waals surface area contributed by atoms with Gasteiger partial charge in [0.2, 0.25) is 12.7 Å². The standard InChI is InChI=1S/C18H15N5O3S/c1-10(11-2-3-14-15(5-11)26-9-25-14)22-16(24)8-27-18-13(7-20)4-12(6-19)17(21)23-18/h2-5,10H,8-9H2,1H3,(H2,21,23)(H,22,24)/t10-/m0/s1. The van der Waals surface area contributed by atoms with Crippen LogP contribution < -0.4 is 20.5 Å². The molecule has 8 nitrogen and oxygen atoms in total. The van der Waals surface area contributed by atoms with Crippen molar-refractivity contribution in [3.05, 3.63) is 41.0 Å². The Kier molecular flexibility index (Phi) is 5.34. The molecular weight excluding hydrogens is 366 g/mol. The number of pyridine rings is 1. The van der Waals surface area contributed by atoms with E-state index < -0.39 is 0 Å². The van der Waals surface area contributed by atoms with E-state index in [0.717, 1.165) is 17.3 Å². The van der Waals surface area contributed by atoms with Gasteiger partial charge in [0, 0.05) is 0 Å². The number of benzene rings is 1. The second-order valence-corrected chi connectivity index (χ2v) is 6.65. The summed E-state index contributed by atoms with van der Waals surface area (Å²) < 4.78 is 10.6. The Morgan fingerprint density at radius 3 is 2.78 bits per heavy atom. The normalized spacial score (nSPS) is 12.7. The molecular formula is C18H15N5O3S. The van der Waals surface area contributed by atoms with Crippen LogP contribution in [-0.2, 0) is 4.79 Å². The third kappa shape index (κ3) is 4.05. The van der Waals surface area contributed by atoms with Gasteiger partial charge >= 0.3 is 0 Å². The van der Waals surface area contributed by atoms with Crippen LogP contribution in [0.1, 0.15) is 29.7 Å². The molecule has 0 bridgehead atoms. The van der Waals surface area contributed by atoms with E-state index >= 15 is 0 Å². The molecule has 1 atom stereocenters. The molecule has 0 saturated heterocycles. The van der Waals surface area contributed by atoms with E-state index in [1.807, 2.05) is 31.2 Å². The number of nitrogens with zero attached hydrogens (tertiary/aromatic N) is 3. The topological polar surface area (TPSA) is 134 Å². The van der Waals surface area contributed by atoms with Crippen LogP contribution in [0.3, 0.4) is 0 Å². The zero-order chi connectivity index (χ0) is 19.4. The predicted octanol–water partition coefficient (Wildman–Crippen LogP) is 2.11. The number of nitrogens with one attached hydrogen (secondary N) is 1. The van der Waals surface area contributed by atoms with Gasteiger partial charge < -0.3 is 20.5 Å². The lowest BCUT2D eigenvalue weighted by atomic mass is 10.1. The lowest BCUT2D eigenvalue weighted by Gasteiger charge is -2.15. The zero-order valence-corrected chi connectivity index (χ0v) is 15.2. The molecule has 2 heterocycles. The Hall–Kier alpha value is -3.43. The average Bonchev–Trinajstić information content (AvgIpc) is 3.14. The number of hydrogen-bond acceptors (Lipinski definition) is 8. The van der Waals surface area contributed by atoms with Crippen molar-refractivity contribution >= 4 is 23.5 Å². The molecule has 136 valence electrons. The minimum Gasteiger partial charge on any atom is -0.454 e. The molecule has 1 aromatic carbocycles. The van der Waals surface area contributed by atoms with Crippen molar-refractivity contribution in [3.63, 3.8) is 0 Å². The molecule has 0 fully saturated rings. The first-order valence-electron chi connectivity index (χ1n) is 7.94. The monoisotopic (exact) mass is 381 g/mol. The van der Waals surface area contributed by atoms with Gasteiger partial charge in [-0.05, 0) is 30.7 Å². The van der Waals surface area contributed by atoms with Crippen LogP contribution in [0.15, 0.2) is 29.3 Å². The van der Waals surface area contributed by atoms with Crippen LogP contribution in [0.25, 0.3) is 0 Å². The molecule has 0 radical (unpaired) electrons. The molecule has 1 amide bonds. The Morgan fingerprint density at radius 2 is 2.04 bits per heavy atom. The summed E-state index contributed by atoms with van der Waals surface area (Å²) in [6, 6.07) is 10.5. The summed E-state index contributed by atoms with van der Waals surface area (Å²) in [4.78, 5) is 16.3. The highest BCUT2D eigenvalue weighted by molar-refractivity contribution is 8.00. The minimum absolute atomic E-state index is 0.0353. The fourth-order valence-corrected chi connectivity index (χ4v) is 3.25. The fourth-order valence-electron chi connectivity index (χ4n) is 2.47. The number of aromatic nitrogens is 1. The van der Waals surface area contributed by atoms with E-state index in [4.69, 9.17) is 20.5 Å². The maximum atomic E-state index is 12.3. The quantitative estimate of drug-likeness (QED) is 0.752. The molecule has 1 aliphatic rings. The largest absolute Gasteiger partial charge is 0.454 e. The second-order valence-electron chi connectivity index (χ2n) is 5.69. The van der Waals surface area contributed by atoms with E-state index in [9.17, 15) is 10.1 Å². The number of amides is 1. The first-order chi connectivity index (χ1) is 13.0. The smallest absolute Gasteiger partial charge is 0.231 e. The fraction of sp³-hybridized carbons (Fsp3) is 0.222. The van der Waals surface area contributed by atoms with Crippen molar-refractivity contribution in [2.45, 2.75) is 18.0 Å². The minimum atomic E-state index is -0.234. The van der Waals surface area contributed by atoms with E-state index in [-0.39, 0.29) is 41.4 Å². The molecule has 0 aliphatic carbocycles. The first kappa shape index (κ1) is 18.4. The number of anilines is 1. The van der Waals surface area contributed by atoms with Crippen LogP contribution in [0.4, 0.5) is 5.82 Å². The predicted molar refractivity (Wildman–Crippen MR) is 97.9 cm³/mol. The van der Waals surface area contributed by atoms with E-state index in [1.54, 1.807) is 6.07 Å². The lowest BCUT2D eigenvalue weighted by Crippen LogP contribution is -2.28. The maximum Gasteiger partial charge on any atom is 0.231 e. The molecule has 0 saturated carbocycles. The number of nitrogen functional groups attached to an aromatic ring is 1. The van der Waals surface area contributed by atoms with Gasteiger partial charge in [-0.2, -0.15) is 10.5 Å². The summed E-state index contributed by atoms with van der Waals surface area (Å²) in [5.74, 6) is 1.20. The Labute approximate surface area is 159 Å². The number of carbonyl (C=O) groups is 1. The summed E-state index contributed by atoms with van der Waals surface area (Å²) in [6.45, 7) is 2.05. The second kappa shape index (κ2) is 7.85. The van der Waals surface area contributed by atoms with Crippen LogP contribution in [0, 0.1) is 22.7 Å². The van der Waals surface area contributed by atoms with Gasteiger partial charge in [-0.25, -0.2) is 4.98 Å². The number of thioether (sulfide) groups is 1. The number of nitriles is 2. The number of carbonyl (C=O) groups excluding carboxylic acids is 1. The van der Waals surface area contributed by atoms with Gasteiger partial charge in [0.1, 0.15) is 23.0 Å². The van der Waals surface area contributed by atoms with E-state index in [1.165, 1.54) is 6.07 Å². The third-order valence-corrected chi connectivity index (χ3v) is 4.86. The summed E-state index contributed by atoms with van der Waals surface area (Å²) in [6.07, 6.45) is 0. The maximum absolute atomic E-state index is 12.3. The van der Waals surface area contributed by atoms with Crippen LogP contribution in [-0.4, -0.2) is 23.4 Å². The molecule has 9 heteroatoms. The molecule has 0 spiro atoms. The Balaban J connectivity index is 1.62. The van der Waals surface area contributed by atoms with Gasteiger partial charge in [-0.15, -0.1) is 0 Å². The highest BCUT2D eigenvalue weighted by Gasteiger charge is 2.18. The Bertz CT molecular complexity index is 980. The van der Waals surface area contributed by atoms with Crippen molar-refractivity contribution in [2.24, 2.45) is 0 Å². The van der Waals surface area contributed by atoms with Crippen molar-refractivity contribution in [2.75, 3.05) is 18.3 Å². The number of fused-ring (bicyclic) bond motifs is 1. The first-order valence-corrected chi connectivity index (χ1v) is 8.92. The van der Waals surface area contributed by atoms with Gasteiger partial charge in [-0.1, -0.05) is 17.8 Å². The number of hydrogen-bond donors (Lipinski definition) is 2. The van der Waals surface area contributed by atoms with Crippen LogP contribution in [0.2, 0.25) is 0 Å². The van der Waals surface area contributed by atoms with Crippen LogP contribution in [0.5, 0.6) is 11.5 Å². The third-order valence-electron chi connectivity index (χ3n) is 3.87. The van der Waals surface area contributed by atoms with Crippen molar-refractivity contribution < 1.29 is 14.3 Å². The molecule has 1 aromatic heterocycles. The molecule has 1 aliphatic heterocycles. The van der Waals surface area contributed by atoms with Gasteiger partial charge in [0.15, 0.2) is 11.5 Å². The highest BCUT2D eigenvalue weighted by Crippen LogP contribution is 2.34. The van der Waals surface area contributed by atoms with Crippen LogP contribution >= 0.6 is 11.8 Å².